The van der Waals surface area contributed by atoms with Crippen LogP contribution in [0.25, 0.3) is 0 Å². The SMILES string of the molecule is COc1ccc(C(=O)COC(=O)c2sc(NC(=O)c3ccco3)cc2C)c(OC)c1. The number of Topliss-reactive ketones (excluding diaryl/α,β-unsaturated/α-hetero) is 1. The Morgan fingerprint density at radius 2 is 1.90 bits per heavy atom. The molecule has 1 aromatic carbocycles. The monoisotopic (exact) mass is 429 g/mol. The molecule has 0 saturated carbocycles. The van der Waals surface area contributed by atoms with Crippen LogP contribution in [0.5, 0.6) is 11.5 Å². The van der Waals surface area contributed by atoms with Gasteiger partial charge in [0.25, 0.3) is 5.91 Å². The van der Waals surface area contributed by atoms with Gasteiger partial charge in [0.2, 0.25) is 5.78 Å². The van der Waals surface area contributed by atoms with Crippen LogP contribution in [0.4, 0.5) is 5.00 Å². The Labute approximate surface area is 176 Å². The zero-order valence-electron chi connectivity index (χ0n) is 16.5. The van der Waals surface area contributed by atoms with E-state index in [1.54, 1.807) is 37.3 Å². The van der Waals surface area contributed by atoms with Crippen molar-refractivity contribution in [3.8, 4) is 11.5 Å². The van der Waals surface area contributed by atoms with Crippen LogP contribution in [0.3, 0.4) is 0 Å². The molecule has 9 heteroatoms. The first kappa shape index (κ1) is 21.1. The number of ketones is 1. The van der Waals surface area contributed by atoms with Gasteiger partial charge in [0, 0.05) is 6.07 Å². The lowest BCUT2D eigenvalue weighted by Crippen LogP contribution is -2.15. The second-order valence-corrected chi connectivity index (χ2v) is 7.17. The number of amides is 1. The second-order valence-electron chi connectivity index (χ2n) is 6.12. The third-order valence-electron chi connectivity index (χ3n) is 4.13. The van der Waals surface area contributed by atoms with Crippen molar-refractivity contribution in [2.24, 2.45) is 0 Å². The molecule has 3 rings (SSSR count). The number of benzene rings is 1. The number of aryl methyl sites for hydroxylation is 1. The van der Waals surface area contributed by atoms with Crippen LogP contribution in [0.2, 0.25) is 0 Å². The number of methoxy groups -OCH3 is 2. The Morgan fingerprint density at radius 3 is 2.57 bits per heavy atom. The van der Waals surface area contributed by atoms with Gasteiger partial charge in [-0.25, -0.2) is 4.79 Å². The van der Waals surface area contributed by atoms with Crippen LogP contribution in [-0.2, 0) is 4.74 Å². The number of nitrogens with one attached hydrogen (secondary N) is 1. The summed E-state index contributed by atoms with van der Waals surface area (Å²) in [6.45, 7) is 1.26. The molecule has 0 aliphatic heterocycles. The number of thiophene rings is 1. The van der Waals surface area contributed by atoms with E-state index in [0.29, 0.717) is 26.9 Å². The highest BCUT2D eigenvalue weighted by Crippen LogP contribution is 2.28. The van der Waals surface area contributed by atoms with Crippen molar-refractivity contribution in [2.45, 2.75) is 6.92 Å². The lowest BCUT2D eigenvalue weighted by atomic mass is 10.1. The average Bonchev–Trinajstić information content (AvgIpc) is 3.41. The number of ether oxygens (including phenoxy) is 3. The molecular weight excluding hydrogens is 410 g/mol. The molecule has 0 spiro atoms. The van der Waals surface area contributed by atoms with E-state index in [2.05, 4.69) is 5.32 Å². The Morgan fingerprint density at radius 1 is 1.10 bits per heavy atom. The van der Waals surface area contributed by atoms with Crippen LogP contribution >= 0.6 is 11.3 Å². The first-order valence-corrected chi connectivity index (χ1v) is 9.62. The van der Waals surface area contributed by atoms with E-state index in [0.717, 1.165) is 11.3 Å². The summed E-state index contributed by atoms with van der Waals surface area (Å²) >= 11 is 1.05. The van der Waals surface area contributed by atoms with Gasteiger partial charge in [0.05, 0.1) is 31.0 Å². The van der Waals surface area contributed by atoms with E-state index in [1.807, 2.05) is 0 Å². The van der Waals surface area contributed by atoms with Crippen LogP contribution in [0.15, 0.2) is 47.1 Å². The van der Waals surface area contributed by atoms with Crippen molar-refractivity contribution >= 4 is 34.0 Å². The van der Waals surface area contributed by atoms with E-state index in [-0.39, 0.29) is 11.3 Å². The Balaban J connectivity index is 1.64. The Kier molecular flexibility index (Phi) is 6.53. The summed E-state index contributed by atoms with van der Waals surface area (Å²) in [5, 5.41) is 3.12. The zero-order chi connectivity index (χ0) is 21.7. The van der Waals surface area contributed by atoms with Gasteiger partial charge in [-0.1, -0.05) is 0 Å². The van der Waals surface area contributed by atoms with E-state index in [9.17, 15) is 14.4 Å². The quantitative estimate of drug-likeness (QED) is 0.427. The van der Waals surface area contributed by atoms with Crippen molar-refractivity contribution in [3.05, 3.63) is 64.4 Å². The second kappa shape index (κ2) is 9.27. The summed E-state index contributed by atoms with van der Waals surface area (Å²) in [5.41, 5.74) is 0.898. The number of esters is 1. The molecule has 30 heavy (non-hydrogen) atoms. The predicted octanol–water partition coefficient (Wildman–Crippen LogP) is 3.96. The Hall–Kier alpha value is -3.59. The highest BCUT2D eigenvalue weighted by Gasteiger charge is 2.20. The normalized spacial score (nSPS) is 10.4. The number of anilines is 1. The molecule has 8 nitrogen and oxygen atoms in total. The van der Waals surface area contributed by atoms with Gasteiger partial charge in [0.1, 0.15) is 16.4 Å². The first-order valence-electron chi connectivity index (χ1n) is 8.80. The lowest BCUT2D eigenvalue weighted by molar-refractivity contribution is 0.0478. The van der Waals surface area contributed by atoms with Crippen LogP contribution in [-0.4, -0.2) is 38.5 Å². The molecule has 2 heterocycles. The van der Waals surface area contributed by atoms with Crippen molar-refractivity contribution in [1.29, 1.82) is 0 Å². The third kappa shape index (κ3) is 4.69. The minimum atomic E-state index is -0.656. The van der Waals surface area contributed by atoms with Gasteiger partial charge in [-0.3, -0.25) is 9.59 Å². The van der Waals surface area contributed by atoms with E-state index in [4.69, 9.17) is 18.6 Å². The molecule has 1 N–H and O–H groups in total. The molecule has 0 unspecified atom stereocenters. The fourth-order valence-corrected chi connectivity index (χ4v) is 3.59. The Bertz CT molecular complexity index is 1070. The highest BCUT2D eigenvalue weighted by molar-refractivity contribution is 7.18. The molecule has 2 aromatic heterocycles. The molecule has 0 fully saturated rings. The molecule has 0 radical (unpaired) electrons. The number of hydrogen-bond acceptors (Lipinski definition) is 8. The molecular formula is C21H19NO7S. The first-order chi connectivity index (χ1) is 14.4. The molecule has 156 valence electrons. The molecule has 0 saturated heterocycles. The summed E-state index contributed by atoms with van der Waals surface area (Å²) in [6, 6.07) is 9.53. The standard InChI is InChI=1S/C21H19NO7S/c1-12-9-18(22-20(24)16-5-4-8-28-16)30-19(12)21(25)29-11-15(23)14-7-6-13(26-2)10-17(14)27-3/h4-10H,11H2,1-3H3,(H,22,24). The molecule has 0 bridgehead atoms. The van der Waals surface area contributed by atoms with E-state index in [1.165, 1.54) is 26.5 Å². The molecule has 0 aliphatic carbocycles. The lowest BCUT2D eigenvalue weighted by Gasteiger charge is -2.10. The summed E-state index contributed by atoms with van der Waals surface area (Å²) < 4.78 is 20.5. The maximum Gasteiger partial charge on any atom is 0.349 e. The zero-order valence-corrected chi connectivity index (χ0v) is 17.3. The number of carbonyl (C=O) groups is 3. The van der Waals surface area contributed by atoms with E-state index < -0.39 is 24.3 Å². The van der Waals surface area contributed by atoms with Crippen molar-refractivity contribution in [1.82, 2.24) is 0 Å². The topological polar surface area (TPSA) is 104 Å². The number of carbonyl (C=O) groups excluding carboxylic acids is 3. The van der Waals surface area contributed by atoms with Crippen LogP contribution in [0.1, 0.15) is 36.1 Å². The summed E-state index contributed by atoms with van der Waals surface area (Å²) in [7, 11) is 2.94. The largest absolute Gasteiger partial charge is 0.497 e. The van der Waals surface area contributed by atoms with Crippen LogP contribution in [0, 0.1) is 6.92 Å². The molecule has 0 aliphatic rings. The van der Waals surface area contributed by atoms with Crippen molar-refractivity contribution < 1.29 is 33.0 Å². The van der Waals surface area contributed by atoms with Gasteiger partial charge in [-0.15, -0.1) is 11.3 Å². The van der Waals surface area contributed by atoms with Gasteiger partial charge in [0.15, 0.2) is 12.4 Å². The summed E-state index contributed by atoms with van der Waals surface area (Å²) in [5.74, 6) is -0.475. The highest BCUT2D eigenvalue weighted by atomic mass is 32.1. The fourth-order valence-electron chi connectivity index (χ4n) is 2.63. The predicted molar refractivity (Wildman–Crippen MR) is 110 cm³/mol. The molecule has 3 aromatic rings. The number of rotatable bonds is 8. The van der Waals surface area contributed by atoms with Crippen molar-refractivity contribution in [2.75, 3.05) is 26.1 Å². The van der Waals surface area contributed by atoms with Gasteiger partial charge >= 0.3 is 5.97 Å². The number of hydrogen-bond donors (Lipinski definition) is 1. The number of furan rings is 1. The van der Waals surface area contributed by atoms with Gasteiger partial charge < -0.3 is 23.9 Å². The van der Waals surface area contributed by atoms with Gasteiger partial charge in [-0.05, 0) is 42.8 Å². The summed E-state index contributed by atoms with van der Waals surface area (Å²) in [6.07, 6.45) is 1.40. The van der Waals surface area contributed by atoms with Gasteiger partial charge in [-0.2, -0.15) is 0 Å². The smallest absolute Gasteiger partial charge is 0.349 e. The molecule has 0 atom stereocenters. The maximum atomic E-state index is 12.5. The van der Waals surface area contributed by atoms with E-state index >= 15 is 0 Å². The maximum absolute atomic E-state index is 12.5. The fraction of sp³-hybridized carbons (Fsp3) is 0.190. The molecule has 1 amide bonds. The minimum Gasteiger partial charge on any atom is -0.497 e. The average molecular weight is 429 g/mol. The van der Waals surface area contributed by atoms with Crippen LogP contribution < -0.4 is 14.8 Å². The van der Waals surface area contributed by atoms with Crippen molar-refractivity contribution in [3.63, 3.8) is 0 Å². The summed E-state index contributed by atoms with van der Waals surface area (Å²) in [4.78, 5) is 37.3. The minimum absolute atomic E-state index is 0.157. The third-order valence-corrected chi connectivity index (χ3v) is 5.26.